The lowest BCUT2D eigenvalue weighted by atomic mass is 10.0. The molecule has 0 aliphatic rings. The topological polar surface area (TPSA) is 52.6 Å². The number of esters is 2. The maximum Gasteiger partial charge on any atom is 0.339 e. The predicted molar refractivity (Wildman–Crippen MR) is 132 cm³/mol. The average molecular weight is 447 g/mol. The van der Waals surface area contributed by atoms with Crippen LogP contribution in [0.3, 0.4) is 0 Å². The van der Waals surface area contributed by atoms with Gasteiger partial charge in [-0.2, -0.15) is 0 Å². The second-order valence-corrected chi connectivity index (χ2v) is 8.77. The third-order valence-electron chi connectivity index (χ3n) is 5.83. The number of unbranched alkanes of at least 4 members (excludes halogenated alkanes) is 14. The van der Waals surface area contributed by atoms with Gasteiger partial charge in [0.2, 0.25) is 0 Å². The van der Waals surface area contributed by atoms with E-state index in [1.165, 1.54) is 77.0 Å². The van der Waals surface area contributed by atoms with Gasteiger partial charge in [-0.05, 0) is 25.0 Å². The highest BCUT2D eigenvalue weighted by Gasteiger charge is 2.18. The zero-order valence-corrected chi connectivity index (χ0v) is 20.7. The molecule has 1 rings (SSSR count). The number of rotatable bonds is 20. The first kappa shape index (κ1) is 28.2. The average Bonchev–Trinajstić information content (AvgIpc) is 2.81. The van der Waals surface area contributed by atoms with E-state index in [-0.39, 0.29) is 5.56 Å². The highest BCUT2D eigenvalue weighted by molar-refractivity contribution is 6.03. The molecule has 0 aliphatic heterocycles. The van der Waals surface area contributed by atoms with Crippen LogP contribution in [0.5, 0.6) is 0 Å². The minimum Gasteiger partial charge on any atom is -0.462 e. The summed E-state index contributed by atoms with van der Waals surface area (Å²) >= 11 is 0. The van der Waals surface area contributed by atoms with Crippen molar-refractivity contribution in [2.75, 3.05) is 13.2 Å². The van der Waals surface area contributed by atoms with Crippen LogP contribution >= 0.6 is 0 Å². The molecule has 182 valence electrons. The van der Waals surface area contributed by atoms with Gasteiger partial charge in [0, 0.05) is 0 Å². The minimum atomic E-state index is -0.456. The Morgan fingerprint density at radius 1 is 0.531 bits per heavy atom. The van der Waals surface area contributed by atoms with Crippen molar-refractivity contribution in [2.24, 2.45) is 0 Å². The molecular weight excluding hydrogens is 400 g/mol. The molecule has 1 aromatic rings. The molecule has 0 saturated carbocycles. The molecule has 0 aromatic heterocycles. The molecule has 0 saturated heterocycles. The van der Waals surface area contributed by atoms with Gasteiger partial charge in [0.05, 0.1) is 24.3 Å². The van der Waals surface area contributed by atoms with Crippen molar-refractivity contribution < 1.29 is 19.1 Å². The van der Waals surface area contributed by atoms with Gasteiger partial charge in [-0.15, -0.1) is 0 Å². The van der Waals surface area contributed by atoms with E-state index in [1.54, 1.807) is 24.3 Å². The molecule has 0 amide bonds. The molecule has 0 atom stereocenters. The van der Waals surface area contributed by atoms with Crippen LogP contribution in [0.1, 0.15) is 137 Å². The highest BCUT2D eigenvalue weighted by Crippen LogP contribution is 2.15. The van der Waals surface area contributed by atoms with Gasteiger partial charge >= 0.3 is 11.9 Å². The van der Waals surface area contributed by atoms with Crippen LogP contribution in [0.25, 0.3) is 0 Å². The van der Waals surface area contributed by atoms with Crippen LogP contribution in [0.4, 0.5) is 0 Å². The fourth-order valence-electron chi connectivity index (χ4n) is 3.77. The lowest BCUT2D eigenvalue weighted by molar-refractivity contribution is 0.0451. The molecule has 0 fully saturated rings. The predicted octanol–water partition coefficient (Wildman–Crippen LogP) is 8.28. The molecule has 4 nitrogen and oxygen atoms in total. The third-order valence-corrected chi connectivity index (χ3v) is 5.83. The van der Waals surface area contributed by atoms with Crippen molar-refractivity contribution in [1.29, 1.82) is 0 Å². The highest BCUT2D eigenvalue weighted by atomic mass is 16.5. The van der Waals surface area contributed by atoms with Crippen LogP contribution in [-0.4, -0.2) is 25.2 Å². The van der Waals surface area contributed by atoms with E-state index in [4.69, 9.17) is 9.47 Å². The minimum absolute atomic E-state index is 0.287. The van der Waals surface area contributed by atoms with Crippen LogP contribution in [0, 0.1) is 0 Å². The van der Waals surface area contributed by atoms with Gasteiger partial charge in [-0.3, -0.25) is 0 Å². The maximum atomic E-state index is 12.4. The van der Waals surface area contributed by atoms with E-state index in [0.717, 1.165) is 25.7 Å². The monoisotopic (exact) mass is 446 g/mol. The zero-order valence-electron chi connectivity index (χ0n) is 20.7. The lowest BCUT2D eigenvalue weighted by Crippen LogP contribution is -2.15. The second kappa shape index (κ2) is 19.8. The van der Waals surface area contributed by atoms with Gasteiger partial charge < -0.3 is 9.47 Å². The van der Waals surface area contributed by atoms with Gasteiger partial charge in [0.15, 0.2) is 0 Å². The van der Waals surface area contributed by atoms with E-state index < -0.39 is 11.9 Å². The molecule has 4 heteroatoms. The first-order chi connectivity index (χ1) is 15.7. The second-order valence-electron chi connectivity index (χ2n) is 8.77. The normalized spacial score (nSPS) is 10.8. The van der Waals surface area contributed by atoms with Gasteiger partial charge in [-0.1, -0.05) is 116 Å². The van der Waals surface area contributed by atoms with E-state index in [2.05, 4.69) is 6.92 Å². The standard InChI is InChI=1S/C28H46O4/c1-3-5-7-8-9-10-11-12-13-14-15-16-17-20-24-32-28(30)26-22-19-18-21-25(26)27(29)31-23-6-4-2/h18-19,21-22H,3-17,20,23-24H2,1-2H3. The summed E-state index contributed by atoms with van der Waals surface area (Å²) in [5.41, 5.74) is 0.578. The van der Waals surface area contributed by atoms with Crippen LogP contribution < -0.4 is 0 Å². The Hall–Kier alpha value is -1.84. The van der Waals surface area contributed by atoms with Crippen LogP contribution in [-0.2, 0) is 9.47 Å². The fraction of sp³-hybridized carbons (Fsp3) is 0.714. The summed E-state index contributed by atoms with van der Waals surface area (Å²) in [5.74, 6) is -0.898. The van der Waals surface area contributed by atoms with Crippen LogP contribution in [0.15, 0.2) is 24.3 Å². The van der Waals surface area contributed by atoms with Crippen molar-refractivity contribution >= 4 is 11.9 Å². The molecule has 0 unspecified atom stereocenters. The van der Waals surface area contributed by atoms with Gasteiger partial charge in [0.25, 0.3) is 0 Å². The molecule has 1 aromatic carbocycles. The van der Waals surface area contributed by atoms with Crippen molar-refractivity contribution in [2.45, 2.75) is 117 Å². The summed E-state index contributed by atoms with van der Waals surface area (Å²) in [4.78, 5) is 24.6. The quantitative estimate of drug-likeness (QED) is 0.149. The zero-order chi connectivity index (χ0) is 23.3. The molecule has 0 bridgehead atoms. The summed E-state index contributed by atoms with van der Waals surface area (Å²) in [7, 11) is 0. The fourth-order valence-corrected chi connectivity index (χ4v) is 3.77. The summed E-state index contributed by atoms with van der Waals surface area (Å²) < 4.78 is 10.6. The Morgan fingerprint density at radius 3 is 1.28 bits per heavy atom. The smallest absolute Gasteiger partial charge is 0.339 e. The van der Waals surface area contributed by atoms with Crippen molar-refractivity contribution in [1.82, 2.24) is 0 Å². The number of hydrogen-bond acceptors (Lipinski definition) is 4. The molecule has 0 spiro atoms. The van der Waals surface area contributed by atoms with Gasteiger partial charge in [0.1, 0.15) is 0 Å². The molecule has 0 aliphatic carbocycles. The number of ether oxygens (including phenoxy) is 2. The summed E-state index contributed by atoms with van der Waals surface area (Å²) in [5, 5.41) is 0. The molecule has 32 heavy (non-hydrogen) atoms. The van der Waals surface area contributed by atoms with E-state index in [1.807, 2.05) is 6.92 Å². The molecule has 0 radical (unpaired) electrons. The molecular formula is C28H46O4. The number of hydrogen-bond donors (Lipinski definition) is 0. The Balaban J connectivity index is 2.07. The Bertz CT molecular complexity index is 611. The van der Waals surface area contributed by atoms with Crippen LogP contribution in [0.2, 0.25) is 0 Å². The largest absolute Gasteiger partial charge is 0.462 e. The van der Waals surface area contributed by atoms with E-state index in [9.17, 15) is 9.59 Å². The molecule has 0 heterocycles. The first-order valence-electron chi connectivity index (χ1n) is 13.1. The lowest BCUT2D eigenvalue weighted by Gasteiger charge is -2.09. The van der Waals surface area contributed by atoms with E-state index >= 15 is 0 Å². The summed E-state index contributed by atoms with van der Waals surface area (Å²) in [6.07, 6.45) is 19.9. The summed E-state index contributed by atoms with van der Waals surface area (Å²) in [6, 6.07) is 6.73. The van der Waals surface area contributed by atoms with Crippen molar-refractivity contribution in [3.05, 3.63) is 35.4 Å². The Labute approximate surface area is 196 Å². The maximum absolute atomic E-state index is 12.4. The Morgan fingerprint density at radius 2 is 0.875 bits per heavy atom. The number of carbonyl (C=O) groups is 2. The first-order valence-corrected chi connectivity index (χ1v) is 13.1. The number of carbonyl (C=O) groups excluding carboxylic acids is 2. The van der Waals surface area contributed by atoms with Crippen molar-refractivity contribution in [3.63, 3.8) is 0 Å². The van der Waals surface area contributed by atoms with E-state index in [0.29, 0.717) is 18.8 Å². The SMILES string of the molecule is CCCCCCCCCCCCCCCCOC(=O)c1ccccc1C(=O)OCCCC. The van der Waals surface area contributed by atoms with Gasteiger partial charge in [-0.25, -0.2) is 9.59 Å². The summed E-state index contributed by atoms with van der Waals surface area (Å²) in [6.45, 7) is 5.08. The Kier molecular flexibility index (Phi) is 17.5. The van der Waals surface area contributed by atoms with Crippen molar-refractivity contribution in [3.8, 4) is 0 Å². The molecule has 0 N–H and O–H groups in total. The third kappa shape index (κ3) is 13.5. The number of benzene rings is 1.